The number of nitrogens with zero attached hydrogens (tertiary/aromatic N) is 1. The van der Waals surface area contributed by atoms with Crippen LogP contribution in [0, 0.1) is 0 Å². The van der Waals surface area contributed by atoms with Crippen LogP contribution in [-0.4, -0.2) is 53.6 Å². The summed E-state index contributed by atoms with van der Waals surface area (Å²) in [5, 5.41) is 0.404. The Kier molecular flexibility index (Phi) is 8.31. The molecule has 0 saturated heterocycles. The van der Waals surface area contributed by atoms with Gasteiger partial charge in [0.1, 0.15) is 12.4 Å². The number of halogens is 1. The van der Waals surface area contributed by atoms with Gasteiger partial charge in [0.2, 0.25) is 0 Å². The Morgan fingerprint density at radius 3 is 2.45 bits per heavy atom. The monoisotopic (exact) mass is 440 g/mol. The Morgan fingerprint density at radius 2 is 1.83 bits per heavy atom. The second kappa shape index (κ2) is 10.5. The SMILES string of the molecule is COC(=O)CCc1ccc(S(=O)(=O)Nc2ccc(Cl)c(OCCN(C)C)c2)cc1. The number of rotatable bonds is 10. The fraction of sp³-hybridized carbons (Fsp3) is 0.350. The summed E-state index contributed by atoms with van der Waals surface area (Å²) in [5.74, 6) is 0.0987. The predicted octanol–water partition coefficient (Wildman–Crippen LogP) is 3.19. The number of carbonyl (C=O) groups excluding carboxylic acids is 1. The number of carbonyl (C=O) groups is 1. The third kappa shape index (κ3) is 7.23. The minimum absolute atomic E-state index is 0.115. The van der Waals surface area contributed by atoms with Crippen LogP contribution in [0.3, 0.4) is 0 Å². The van der Waals surface area contributed by atoms with Crippen molar-refractivity contribution in [3.63, 3.8) is 0 Å². The van der Waals surface area contributed by atoms with E-state index in [4.69, 9.17) is 16.3 Å². The van der Waals surface area contributed by atoms with Gasteiger partial charge in [-0.05, 0) is 50.3 Å². The normalized spacial score (nSPS) is 11.3. The molecule has 0 aliphatic heterocycles. The van der Waals surface area contributed by atoms with Crippen LogP contribution in [0.2, 0.25) is 5.02 Å². The average molecular weight is 441 g/mol. The topological polar surface area (TPSA) is 84.9 Å². The molecule has 2 aromatic rings. The van der Waals surface area contributed by atoms with E-state index in [0.717, 1.165) is 5.56 Å². The Bertz CT molecular complexity index is 930. The predicted molar refractivity (Wildman–Crippen MR) is 113 cm³/mol. The number of anilines is 1. The molecule has 2 rings (SSSR count). The van der Waals surface area contributed by atoms with Gasteiger partial charge in [-0.25, -0.2) is 8.42 Å². The Hall–Kier alpha value is -2.29. The summed E-state index contributed by atoms with van der Waals surface area (Å²) < 4.78 is 38.1. The quantitative estimate of drug-likeness (QED) is 0.571. The van der Waals surface area contributed by atoms with Gasteiger partial charge in [0.25, 0.3) is 10.0 Å². The lowest BCUT2D eigenvalue weighted by atomic mass is 10.1. The number of ether oxygens (including phenoxy) is 2. The third-order valence-corrected chi connectivity index (χ3v) is 5.77. The highest BCUT2D eigenvalue weighted by atomic mass is 35.5. The second-order valence-corrected chi connectivity index (χ2v) is 8.71. The molecule has 0 heterocycles. The molecule has 0 saturated carbocycles. The number of methoxy groups -OCH3 is 1. The first kappa shape index (κ1) is 23.0. The zero-order valence-electron chi connectivity index (χ0n) is 16.6. The minimum atomic E-state index is -3.78. The fourth-order valence-corrected chi connectivity index (χ4v) is 3.64. The number of nitrogens with one attached hydrogen (secondary N) is 1. The molecular weight excluding hydrogens is 416 g/mol. The fourth-order valence-electron chi connectivity index (χ4n) is 2.41. The maximum Gasteiger partial charge on any atom is 0.305 e. The molecule has 0 radical (unpaired) electrons. The maximum absolute atomic E-state index is 12.7. The van der Waals surface area contributed by atoms with Crippen molar-refractivity contribution >= 4 is 33.3 Å². The molecule has 7 nitrogen and oxygen atoms in total. The highest BCUT2D eigenvalue weighted by molar-refractivity contribution is 7.92. The molecule has 0 unspecified atom stereocenters. The summed E-state index contributed by atoms with van der Waals surface area (Å²) >= 11 is 6.13. The van der Waals surface area contributed by atoms with Crippen LogP contribution < -0.4 is 9.46 Å². The number of benzene rings is 2. The first-order valence-corrected chi connectivity index (χ1v) is 10.8. The number of likely N-dealkylation sites (N-methyl/N-ethyl adjacent to an activating group) is 1. The van der Waals surface area contributed by atoms with Gasteiger partial charge in [0, 0.05) is 19.0 Å². The van der Waals surface area contributed by atoms with Gasteiger partial charge in [-0.3, -0.25) is 9.52 Å². The van der Waals surface area contributed by atoms with Crippen molar-refractivity contribution < 1.29 is 22.7 Å². The maximum atomic E-state index is 12.7. The zero-order valence-corrected chi connectivity index (χ0v) is 18.2. The van der Waals surface area contributed by atoms with E-state index in [9.17, 15) is 13.2 Å². The van der Waals surface area contributed by atoms with Gasteiger partial charge < -0.3 is 14.4 Å². The molecule has 29 heavy (non-hydrogen) atoms. The standard InChI is InChI=1S/C20H25ClN2O5S/c1-23(2)12-13-28-19-14-16(7-10-18(19)21)22-29(25,26)17-8-4-15(5-9-17)6-11-20(24)27-3/h4-5,7-10,14,22H,6,11-13H2,1-3H3. The van der Waals surface area contributed by atoms with Crippen molar-refractivity contribution in [3.05, 3.63) is 53.1 Å². The van der Waals surface area contributed by atoms with Crippen LogP contribution in [0.5, 0.6) is 5.75 Å². The van der Waals surface area contributed by atoms with Gasteiger partial charge in [-0.15, -0.1) is 0 Å². The van der Waals surface area contributed by atoms with E-state index >= 15 is 0 Å². The summed E-state index contributed by atoms with van der Waals surface area (Å²) in [5.41, 5.74) is 1.20. The summed E-state index contributed by atoms with van der Waals surface area (Å²) in [7, 11) is 1.41. The highest BCUT2D eigenvalue weighted by Gasteiger charge is 2.15. The van der Waals surface area contributed by atoms with Crippen molar-refractivity contribution in [1.82, 2.24) is 4.90 Å². The molecule has 2 aromatic carbocycles. The van der Waals surface area contributed by atoms with E-state index in [1.54, 1.807) is 30.3 Å². The van der Waals surface area contributed by atoms with E-state index in [-0.39, 0.29) is 17.3 Å². The Balaban J connectivity index is 2.07. The largest absolute Gasteiger partial charge is 0.491 e. The molecule has 0 spiro atoms. The van der Waals surface area contributed by atoms with E-state index in [1.807, 2.05) is 19.0 Å². The van der Waals surface area contributed by atoms with Gasteiger partial charge in [-0.1, -0.05) is 23.7 Å². The van der Waals surface area contributed by atoms with Crippen molar-refractivity contribution in [3.8, 4) is 5.75 Å². The van der Waals surface area contributed by atoms with E-state index < -0.39 is 10.0 Å². The molecule has 0 aliphatic rings. The lowest BCUT2D eigenvalue weighted by Gasteiger charge is -2.14. The molecule has 1 N–H and O–H groups in total. The Morgan fingerprint density at radius 1 is 1.14 bits per heavy atom. The van der Waals surface area contributed by atoms with Gasteiger partial charge >= 0.3 is 5.97 Å². The summed E-state index contributed by atoms with van der Waals surface area (Å²) in [6, 6.07) is 11.1. The van der Waals surface area contributed by atoms with Crippen molar-refractivity contribution in [1.29, 1.82) is 0 Å². The Labute approximate surface area is 176 Å². The van der Waals surface area contributed by atoms with Crippen LogP contribution in [0.1, 0.15) is 12.0 Å². The summed E-state index contributed by atoms with van der Waals surface area (Å²) in [4.78, 5) is 13.3. The van der Waals surface area contributed by atoms with Crippen molar-refractivity contribution in [2.45, 2.75) is 17.7 Å². The molecular formula is C20H25ClN2O5S. The number of aryl methyl sites for hydroxylation is 1. The second-order valence-electron chi connectivity index (χ2n) is 6.62. The van der Waals surface area contributed by atoms with Crippen molar-refractivity contribution in [2.24, 2.45) is 0 Å². The van der Waals surface area contributed by atoms with E-state index in [1.165, 1.54) is 19.2 Å². The smallest absolute Gasteiger partial charge is 0.305 e. The molecule has 0 atom stereocenters. The number of esters is 1. The highest BCUT2D eigenvalue weighted by Crippen LogP contribution is 2.29. The van der Waals surface area contributed by atoms with Gasteiger partial charge in [0.15, 0.2) is 0 Å². The molecule has 158 valence electrons. The molecule has 0 fully saturated rings. The van der Waals surface area contributed by atoms with Crippen molar-refractivity contribution in [2.75, 3.05) is 39.1 Å². The van der Waals surface area contributed by atoms with Crippen LogP contribution in [-0.2, 0) is 26.0 Å². The average Bonchev–Trinajstić information content (AvgIpc) is 2.68. The van der Waals surface area contributed by atoms with Crippen LogP contribution in [0.4, 0.5) is 5.69 Å². The lowest BCUT2D eigenvalue weighted by molar-refractivity contribution is -0.140. The van der Waals surface area contributed by atoms with E-state index in [0.29, 0.717) is 36.0 Å². The lowest BCUT2D eigenvalue weighted by Crippen LogP contribution is -2.19. The molecule has 0 aromatic heterocycles. The van der Waals surface area contributed by atoms with Crippen LogP contribution in [0.25, 0.3) is 0 Å². The first-order valence-electron chi connectivity index (χ1n) is 8.97. The van der Waals surface area contributed by atoms with E-state index in [2.05, 4.69) is 9.46 Å². The summed E-state index contributed by atoms with van der Waals surface area (Å²) in [6.07, 6.45) is 0.716. The third-order valence-electron chi connectivity index (χ3n) is 4.06. The first-order chi connectivity index (χ1) is 13.7. The molecule has 0 amide bonds. The number of hydrogen-bond acceptors (Lipinski definition) is 6. The molecule has 0 bridgehead atoms. The number of sulfonamides is 1. The van der Waals surface area contributed by atoms with Crippen LogP contribution in [0.15, 0.2) is 47.4 Å². The zero-order chi connectivity index (χ0) is 21.4. The minimum Gasteiger partial charge on any atom is -0.491 e. The number of hydrogen-bond donors (Lipinski definition) is 1. The summed E-state index contributed by atoms with van der Waals surface area (Å²) in [6.45, 7) is 1.13. The van der Waals surface area contributed by atoms with Gasteiger partial charge in [-0.2, -0.15) is 0 Å². The molecule has 0 aliphatic carbocycles. The molecule has 9 heteroatoms. The van der Waals surface area contributed by atoms with Gasteiger partial charge in [0.05, 0.1) is 22.7 Å². The van der Waals surface area contributed by atoms with Crippen LogP contribution >= 0.6 is 11.6 Å².